The summed E-state index contributed by atoms with van der Waals surface area (Å²) >= 11 is 0. The number of carbonyl (C=O) groups excluding carboxylic acids is 1. The molecule has 19 heavy (non-hydrogen) atoms. The Morgan fingerprint density at radius 3 is 2.16 bits per heavy atom. The molecule has 0 spiro atoms. The molecule has 7 heteroatoms. The first-order valence-corrected chi connectivity index (χ1v) is 7.13. The van der Waals surface area contributed by atoms with E-state index >= 15 is 0 Å². The zero-order valence-corrected chi connectivity index (χ0v) is 12.2. The van der Waals surface area contributed by atoms with Crippen molar-refractivity contribution >= 4 is 16.1 Å². The van der Waals surface area contributed by atoms with Gasteiger partial charge in [0, 0.05) is 7.05 Å². The van der Waals surface area contributed by atoms with Crippen LogP contribution in [0.4, 0.5) is 4.79 Å². The van der Waals surface area contributed by atoms with Crippen LogP contribution in [0.5, 0.6) is 0 Å². The summed E-state index contributed by atoms with van der Waals surface area (Å²) in [5, 5.41) is 0. The summed E-state index contributed by atoms with van der Waals surface area (Å²) in [5.74, 6) is 0. The number of nitrogens with one attached hydrogen (secondary N) is 1. The Labute approximate surface area is 113 Å². The Kier molecular flexibility index (Phi) is 4.54. The minimum Gasteiger partial charge on any atom is -0.442 e. The molecule has 106 valence electrons. The first kappa shape index (κ1) is 15.5. The van der Waals surface area contributed by atoms with Crippen LogP contribution < -0.4 is 5.43 Å². The smallest absolute Gasteiger partial charge is 0.439 e. The van der Waals surface area contributed by atoms with Gasteiger partial charge in [-0.1, -0.05) is 18.2 Å². The molecule has 0 aromatic heterocycles. The third-order valence-corrected chi connectivity index (χ3v) is 3.72. The molecule has 0 aliphatic rings. The molecule has 0 fully saturated rings. The summed E-state index contributed by atoms with van der Waals surface area (Å²) in [6.07, 6.45) is -0.973. The van der Waals surface area contributed by atoms with Crippen molar-refractivity contribution in [3.63, 3.8) is 0 Å². The molecule has 0 unspecified atom stereocenters. The van der Waals surface area contributed by atoms with Gasteiger partial charge >= 0.3 is 6.09 Å². The van der Waals surface area contributed by atoms with E-state index in [1.807, 2.05) is 0 Å². The van der Waals surface area contributed by atoms with Gasteiger partial charge < -0.3 is 4.74 Å². The summed E-state index contributed by atoms with van der Waals surface area (Å²) in [6, 6.07) is 7.66. The SMILES string of the molecule is CNN(C(=O)OC(C)(C)C)S(=O)(=O)c1ccccc1. The summed E-state index contributed by atoms with van der Waals surface area (Å²) in [4.78, 5) is 11.9. The Morgan fingerprint density at radius 2 is 1.74 bits per heavy atom. The van der Waals surface area contributed by atoms with Crippen LogP contribution in [0.1, 0.15) is 20.8 Å². The number of nitrogens with zero attached hydrogens (tertiary/aromatic N) is 1. The number of hydrazine groups is 1. The van der Waals surface area contributed by atoms with Crippen molar-refractivity contribution in [1.82, 2.24) is 9.84 Å². The van der Waals surface area contributed by atoms with Gasteiger partial charge in [-0.05, 0) is 32.9 Å². The highest BCUT2D eigenvalue weighted by Crippen LogP contribution is 2.16. The molecule has 0 atom stereocenters. The van der Waals surface area contributed by atoms with Crippen LogP contribution in [0.2, 0.25) is 0 Å². The average molecular weight is 286 g/mol. The van der Waals surface area contributed by atoms with E-state index in [1.54, 1.807) is 39.0 Å². The zero-order valence-electron chi connectivity index (χ0n) is 11.4. The van der Waals surface area contributed by atoms with Crippen molar-refractivity contribution < 1.29 is 17.9 Å². The van der Waals surface area contributed by atoms with E-state index in [1.165, 1.54) is 19.2 Å². The van der Waals surface area contributed by atoms with Crippen LogP contribution in [0.3, 0.4) is 0 Å². The lowest BCUT2D eigenvalue weighted by Crippen LogP contribution is -2.47. The number of amides is 1. The first-order chi connectivity index (χ1) is 8.68. The topological polar surface area (TPSA) is 75.7 Å². The zero-order chi connectivity index (χ0) is 14.7. The highest BCUT2D eigenvalue weighted by atomic mass is 32.2. The van der Waals surface area contributed by atoms with Gasteiger partial charge in [0.25, 0.3) is 10.0 Å². The van der Waals surface area contributed by atoms with E-state index in [-0.39, 0.29) is 4.90 Å². The molecule has 0 saturated carbocycles. The van der Waals surface area contributed by atoms with Crippen molar-refractivity contribution in [2.75, 3.05) is 7.05 Å². The highest BCUT2D eigenvalue weighted by Gasteiger charge is 2.32. The van der Waals surface area contributed by atoms with E-state index in [9.17, 15) is 13.2 Å². The fraction of sp³-hybridized carbons (Fsp3) is 0.417. The van der Waals surface area contributed by atoms with Crippen molar-refractivity contribution in [3.05, 3.63) is 30.3 Å². The molecule has 1 aromatic rings. The number of carbonyl (C=O) groups is 1. The van der Waals surface area contributed by atoms with Gasteiger partial charge in [0.05, 0.1) is 4.90 Å². The van der Waals surface area contributed by atoms with Gasteiger partial charge in [-0.3, -0.25) is 0 Å². The van der Waals surface area contributed by atoms with Crippen LogP contribution in [-0.2, 0) is 14.8 Å². The second-order valence-corrected chi connectivity index (χ2v) is 6.57. The summed E-state index contributed by atoms with van der Waals surface area (Å²) < 4.78 is 30.0. The Bertz CT molecular complexity index is 535. The Morgan fingerprint density at radius 1 is 1.21 bits per heavy atom. The van der Waals surface area contributed by atoms with Crippen molar-refractivity contribution in [3.8, 4) is 0 Å². The molecule has 0 radical (unpaired) electrons. The Hall–Kier alpha value is -1.60. The largest absolute Gasteiger partial charge is 0.442 e. The molecule has 1 aromatic carbocycles. The van der Waals surface area contributed by atoms with Gasteiger partial charge in [-0.15, -0.1) is 4.41 Å². The maximum absolute atomic E-state index is 12.3. The van der Waals surface area contributed by atoms with Crippen LogP contribution >= 0.6 is 0 Å². The average Bonchev–Trinajstić information content (AvgIpc) is 2.28. The molecule has 1 rings (SSSR count). The first-order valence-electron chi connectivity index (χ1n) is 5.69. The minimum atomic E-state index is -3.98. The lowest BCUT2D eigenvalue weighted by molar-refractivity contribution is 0.0339. The monoisotopic (exact) mass is 286 g/mol. The van der Waals surface area contributed by atoms with Crippen LogP contribution in [0.15, 0.2) is 35.2 Å². The van der Waals surface area contributed by atoms with E-state index in [0.29, 0.717) is 4.41 Å². The summed E-state index contributed by atoms with van der Waals surface area (Å²) in [5.41, 5.74) is 1.55. The number of sulfonamides is 1. The standard InChI is InChI=1S/C12H18N2O4S/c1-12(2,3)18-11(15)14(13-4)19(16,17)10-8-6-5-7-9-10/h5-9,13H,1-4H3. The van der Waals surface area contributed by atoms with E-state index in [0.717, 1.165) is 0 Å². The normalized spacial score (nSPS) is 12.0. The molecule has 1 N–H and O–H groups in total. The highest BCUT2D eigenvalue weighted by molar-refractivity contribution is 7.89. The molecule has 0 heterocycles. The predicted octanol–water partition coefficient (Wildman–Crippen LogP) is 1.75. The number of hydrogen-bond donors (Lipinski definition) is 1. The fourth-order valence-corrected chi connectivity index (χ4v) is 2.50. The van der Waals surface area contributed by atoms with E-state index in [2.05, 4.69) is 5.43 Å². The van der Waals surface area contributed by atoms with Crippen LogP contribution in [0, 0.1) is 0 Å². The van der Waals surface area contributed by atoms with Gasteiger partial charge in [-0.25, -0.2) is 10.2 Å². The maximum atomic E-state index is 12.3. The van der Waals surface area contributed by atoms with Gasteiger partial charge in [0.2, 0.25) is 0 Å². The molecule has 0 bridgehead atoms. The summed E-state index contributed by atoms with van der Waals surface area (Å²) in [6.45, 7) is 4.98. The number of rotatable bonds is 3. The van der Waals surface area contributed by atoms with Crippen LogP contribution in [0.25, 0.3) is 0 Å². The second kappa shape index (κ2) is 5.58. The molecule has 0 saturated heterocycles. The number of hydrogen-bond acceptors (Lipinski definition) is 5. The van der Waals surface area contributed by atoms with E-state index in [4.69, 9.17) is 4.74 Å². The third-order valence-electron chi connectivity index (χ3n) is 2.04. The van der Waals surface area contributed by atoms with Crippen molar-refractivity contribution in [1.29, 1.82) is 0 Å². The number of ether oxygens (including phenoxy) is 1. The molecular formula is C12H18N2O4S. The quantitative estimate of drug-likeness (QED) is 0.857. The van der Waals surface area contributed by atoms with Crippen molar-refractivity contribution in [2.24, 2.45) is 0 Å². The lowest BCUT2D eigenvalue weighted by atomic mass is 10.2. The maximum Gasteiger partial charge on any atom is 0.439 e. The van der Waals surface area contributed by atoms with Gasteiger partial charge in [0.1, 0.15) is 5.60 Å². The second-order valence-electron chi connectivity index (χ2n) is 4.79. The molecule has 1 amide bonds. The Balaban J connectivity index is 3.07. The molecular weight excluding hydrogens is 268 g/mol. The lowest BCUT2D eigenvalue weighted by Gasteiger charge is -2.25. The van der Waals surface area contributed by atoms with Gasteiger partial charge in [0.15, 0.2) is 0 Å². The van der Waals surface area contributed by atoms with Gasteiger partial charge in [-0.2, -0.15) is 8.42 Å². The molecule has 6 nitrogen and oxygen atoms in total. The fourth-order valence-electron chi connectivity index (χ4n) is 1.31. The predicted molar refractivity (Wildman–Crippen MR) is 70.8 cm³/mol. The molecule has 0 aliphatic heterocycles. The number of benzene rings is 1. The molecule has 0 aliphatic carbocycles. The van der Waals surface area contributed by atoms with Crippen LogP contribution in [-0.4, -0.2) is 31.6 Å². The van der Waals surface area contributed by atoms with E-state index < -0.39 is 21.7 Å². The third kappa shape index (κ3) is 3.93. The summed E-state index contributed by atoms with van der Waals surface area (Å²) in [7, 11) is -2.64. The van der Waals surface area contributed by atoms with Crippen molar-refractivity contribution in [2.45, 2.75) is 31.3 Å². The minimum absolute atomic E-state index is 0.00945.